The maximum Gasteiger partial charge on any atom is 0.248 e. The molecule has 15 N–H and O–H groups in total. The van der Waals surface area contributed by atoms with Crippen LogP contribution in [-0.4, -0.2) is 143 Å². The van der Waals surface area contributed by atoms with Crippen LogP contribution in [0.3, 0.4) is 0 Å². The van der Waals surface area contributed by atoms with E-state index in [0.717, 1.165) is 4.90 Å². The van der Waals surface area contributed by atoms with E-state index in [2.05, 4.69) is 39.2 Å². The van der Waals surface area contributed by atoms with Gasteiger partial charge in [0.1, 0.15) is 30.2 Å². The van der Waals surface area contributed by atoms with E-state index in [4.69, 9.17) is 22.9 Å². The maximum atomic E-state index is 13.6. The molecule has 20 nitrogen and oxygen atoms in total. The first-order valence-corrected chi connectivity index (χ1v) is 18.3. The third-order valence-electron chi connectivity index (χ3n) is 8.54. The molecule has 0 aromatic heterocycles. The molecule has 0 bridgehead atoms. The van der Waals surface area contributed by atoms with Gasteiger partial charge in [-0.05, 0) is 71.4 Å². The molecular formula is C32H57N10O10S. The summed E-state index contributed by atoms with van der Waals surface area (Å²) in [5, 5.41) is 32.6. The van der Waals surface area contributed by atoms with Crippen LogP contribution in [0.15, 0.2) is 0 Å². The fraction of sp³-hybridized carbons (Fsp3) is 0.750. The zero-order valence-electron chi connectivity index (χ0n) is 30.1. The van der Waals surface area contributed by atoms with E-state index in [1.165, 1.54) is 6.92 Å². The monoisotopic (exact) mass is 773 g/mol. The number of primary amides is 1. The van der Waals surface area contributed by atoms with Gasteiger partial charge in [0.05, 0.1) is 24.8 Å². The zero-order chi connectivity index (χ0) is 40.1. The average molecular weight is 774 g/mol. The van der Waals surface area contributed by atoms with Crippen LogP contribution < -0.4 is 49.5 Å². The van der Waals surface area contributed by atoms with Crippen LogP contribution in [0.1, 0.15) is 71.1 Å². The molecule has 1 rings (SSSR count). The van der Waals surface area contributed by atoms with Gasteiger partial charge < -0.3 is 64.6 Å². The van der Waals surface area contributed by atoms with Crippen molar-refractivity contribution >= 4 is 60.3 Å². The van der Waals surface area contributed by atoms with E-state index in [1.807, 2.05) is 0 Å². The number of carbonyl (C=O) groups excluding carboxylic acids is 8. The lowest BCUT2D eigenvalue weighted by atomic mass is 10.1. The Morgan fingerprint density at radius 2 is 1.43 bits per heavy atom. The second-order valence-corrected chi connectivity index (χ2v) is 13.2. The second-order valence-electron chi connectivity index (χ2n) is 12.8. The van der Waals surface area contributed by atoms with E-state index in [1.54, 1.807) is 6.29 Å². The molecule has 0 aliphatic carbocycles. The highest BCUT2D eigenvalue weighted by Crippen LogP contribution is 2.19. The summed E-state index contributed by atoms with van der Waals surface area (Å²) in [5.74, 6) is -5.68. The number of aliphatic hydroxyl groups is 2. The Bertz CT molecular complexity index is 1250. The first-order chi connectivity index (χ1) is 25.1. The molecule has 53 heavy (non-hydrogen) atoms. The van der Waals surface area contributed by atoms with Gasteiger partial charge in [0, 0.05) is 18.7 Å². The molecule has 1 aliphatic rings. The molecule has 301 valence electrons. The number of aliphatic hydroxyl groups excluding tert-OH is 2. The predicted molar refractivity (Wildman–Crippen MR) is 195 cm³/mol. The van der Waals surface area contributed by atoms with Crippen molar-refractivity contribution in [2.45, 2.75) is 120 Å². The van der Waals surface area contributed by atoms with Crippen LogP contribution in [-0.2, 0) is 38.4 Å². The summed E-state index contributed by atoms with van der Waals surface area (Å²) < 4.78 is 0. The quantitative estimate of drug-likeness (QED) is 0.0289. The first kappa shape index (κ1) is 47.1. The molecule has 21 heteroatoms. The van der Waals surface area contributed by atoms with Crippen LogP contribution in [0.5, 0.6) is 0 Å². The molecule has 1 radical (unpaired) electrons. The Balaban J connectivity index is 3.02. The van der Waals surface area contributed by atoms with E-state index in [-0.39, 0.29) is 38.0 Å². The Morgan fingerprint density at radius 3 is 1.98 bits per heavy atom. The molecule has 1 aliphatic heterocycles. The summed E-state index contributed by atoms with van der Waals surface area (Å²) in [7, 11) is 0. The molecular weight excluding hydrogens is 716 g/mol. The highest BCUT2D eigenvalue weighted by molar-refractivity contribution is 7.80. The number of thiol groups is 1. The Kier molecular flexibility index (Phi) is 22.4. The third-order valence-corrected chi connectivity index (χ3v) is 8.90. The minimum atomic E-state index is -1.64. The lowest BCUT2D eigenvalue weighted by Gasteiger charge is -2.30. The molecule has 0 aromatic rings. The highest BCUT2D eigenvalue weighted by atomic mass is 32.1. The summed E-state index contributed by atoms with van der Waals surface area (Å²) in [6, 6.07) is -8.80. The van der Waals surface area contributed by atoms with E-state index in [9.17, 15) is 48.6 Å². The van der Waals surface area contributed by atoms with Crippen molar-refractivity contribution in [3.63, 3.8) is 0 Å². The molecule has 1 heterocycles. The normalized spacial score (nSPS) is 17.9. The SMILES string of the molecule is C[C@@H](O)[C@H](NC(=O)[C@H](CS)NC(=O)[C@@H](N)CCCCN)C(=O)N[C@@H](CO)C(=O)N1CCC[C@H]1C(=O)N[C@@H](CCCCN)C(=O)N[C@H]([C]=O)CCC(N)=O. The lowest BCUT2D eigenvalue weighted by molar-refractivity contribution is -0.143. The topological polar surface area (TPSA) is 344 Å². The minimum absolute atomic E-state index is 0.0663. The number of unbranched alkanes of at least 4 members (excludes halogenated alkanes) is 2. The van der Waals surface area contributed by atoms with Gasteiger partial charge in [-0.25, -0.2) is 0 Å². The fourth-order valence-corrected chi connectivity index (χ4v) is 5.73. The Morgan fingerprint density at radius 1 is 0.830 bits per heavy atom. The minimum Gasteiger partial charge on any atom is -0.394 e. The van der Waals surface area contributed by atoms with E-state index < -0.39 is 96.4 Å². The summed E-state index contributed by atoms with van der Waals surface area (Å²) in [6.07, 6.45) is 3.08. The number of nitrogens with one attached hydrogen (secondary N) is 5. The summed E-state index contributed by atoms with van der Waals surface area (Å²) in [6.45, 7) is 1.11. The number of likely N-dealkylation sites (tertiary alicyclic amines) is 1. The maximum absolute atomic E-state index is 13.6. The molecule has 0 unspecified atom stereocenters. The van der Waals surface area contributed by atoms with Gasteiger partial charge in [-0.2, -0.15) is 12.6 Å². The number of hydrogen-bond acceptors (Lipinski definition) is 14. The number of carbonyl (C=O) groups is 7. The van der Waals surface area contributed by atoms with Gasteiger partial charge in [0.25, 0.3) is 0 Å². The number of hydrogen-bond donors (Lipinski definition) is 12. The molecule has 7 amide bonds. The fourth-order valence-electron chi connectivity index (χ4n) is 5.47. The Labute approximate surface area is 314 Å². The molecule has 0 saturated carbocycles. The summed E-state index contributed by atoms with van der Waals surface area (Å²) in [5.41, 5.74) is 22.1. The Hall–Kier alpha value is -3.89. The van der Waals surface area contributed by atoms with Gasteiger partial charge in [-0.1, -0.05) is 6.42 Å². The molecule has 8 atom stereocenters. The number of amides is 7. The van der Waals surface area contributed by atoms with E-state index >= 15 is 0 Å². The van der Waals surface area contributed by atoms with Crippen molar-refractivity contribution in [1.29, 1.82) is 0 Å². The van der Waals surface area contributed by atoms with Crippen molar-refractivity contribution in [2.75, 3.05) is 32.0 Å². The standard InChI is InChI=1S/C32H57N10O10S/c1-18(45)26(41-29(49)23(17-53)40-27(47)20(35)7-2-4-12-33)31(51)39-22(16-44)32(52)42-14-6-9-24(42)30(50)38-21(8-3-5-13-34)28(48)37-19(15-43)10-11-25(36)46/h18-24,26,44-45,53H,2-14,16-17,33-35H2,1H3,(H2,36,46)(H,37,48)(H,38,50)(H,39,51)(H,40,47)(H,41,49)/t18-,19+,20+,21+,22+,23+,24+,26+/m1/s1. The smallest absolute Gasteiger partial charge is 0.248 e. The largest absolute Gasteiger partial charge is 0.394 e. The summed E-state index contributed by atoms with van der Waals surface area (Å²) in [4.78, 5) is 103. The van der Waals surface area contributed by atoms with Crippen LogP contribution in [0.2, 0.25) is 0 Å². The van der Waals surface area contributed by atoms with Crippen molar-refractivity contribution in [1.82, 2.24) is 31.5 Å². The number of nitrogens with zero attached hydrogens (tertiary/aromatic N) is 1. The van der Waals surface area contributed by atoms with E-state index in [0.29, 0.717) is 51.6 Å². The van der Waals surface area contributed by atoms with Gasteiger partial charge in [0.15, 0.2) is 0 Å². The van der Waals surface area contributed by atoms with Crippen LogP contribution in [0.25, 0.3) is 0 Å². The predicted octanol–water partition coefficient (Wildman–Crippen LogP) is -5.34. The van der Waals surface area contributed by atoms with Gasteiger partial charge in [-0.3, -0.25) is 38.4 Å². The van der Waals surface area contributed by atoms with Crippen molar-refractivity contribution in [2.24, 2.45) is 22.9 Å². The number of nitrogens with two attached hydrogens (primary N) is 4. The average Bonchev–Trinajstić information content (AvgIpc) is 3.62. The van der Waals surface area contributed by atoms with Crippen LogP contribution in [0, 0.1) is 0 Å². The molecule has 1 fully saturated rings. The van der Waals surface area contributed by atoms with Gasteiger partial charge in [-0.15, -0.1) is 0 Å². The van der Waals surface area contributed by atoms with Gasteiger partial charge >= 0.3 is 0 Å². The van der Waals surface area contributed by atoms with Crippen molar-refractivity contribution in [3.05, 3.63) is 0 Å². The number of rotatable bonds is 26. The molecule has 0 spiro atoms. The zero-order valence-corrected chi connectivity index (χ0v) is 31.0. The van der Waals surface area contributed by atoms with Crippen molar-refractivity contribution < 1.29 is 48.6 Å². The second kappa shape index (κ2) is 25.2. The summed E-state index contributed by atoms with van der Waals surface area (Å²) >= 11 is 4.10. The third kappa shape index (κ3) is 16.3. The van der Waals surface area contributed by atoms with Crippen LogP contribution in [0.4, 0.5) is 0 Å². The van der Waals surface area contributed by atoms with Crippen LogP contribution >= 0.6 is 12.6 Å². The molecule has 1 saturated heterocycles. The first-order valence-electron chi connectivity index (χ1n) is 17.7. The van der Waals surface area contributed by atoms with Gasteiger partial charge in [0.2, 0.25) is 47.6 Å². The molecule has 0 aromatic carbocycles. The highest BCUT2D eigenvalue weighted by Gasteiger charge is 2.40. The van der Waals surface area contributed by atoms with Crippen molar-refractivity contribution in [3.8, 4) is 0 Å². The lowest BCUT2D eigenvalue weighted by Crippen LogP contribution is -2.62.